The molecule has 5 nitrogen and oxygen atoms in total. The molecule has 0 spiro atoms. The van der Waals surface area contributed by atoms with E-state index >= 15 is 0 Å². The van der Waals surface area contributed by atoms with Crippen LogP contribution in [0.1, 0.15) is 38.4 Å². The Hall–Kier alpha value is -2.04. The van der Waals surface area contributed by atoms with Crippen molar-refractivity contribution in [3.63, 3.8) is 0 Å². The van der Waals surface area contributed by atoms with Crippen molar-refractivity contribution in [1.29, 1.82) is 0 Å². The van der Waals surface area contributed by atoms with Gasteiger partial charge in [-0.15, -0.1) is 0 Å². The average Bonchev–Trinajstić information content (AvgIpc) is 2.99. The maximum atomic E-state index is 11.8. The topological polar surface area (TPSA) is 68.5 Å². The fourth-order valence-electron chi connectivity index (χ4n) is 2.50. The van der Waals surface area contributed by atoms with Crippen LogP contribution in [0.25, 0.3) is 6.08 Å². The van der Waals surface area contributed by atoms with Crippen LogP contribution in [-0.2, 0) is 14.3 Å². The molecule has 114 valence electrons. The van der Waals surface area contributed by atoms with E-state index in [2.05, 4.69) is 12.2 Å². The van der Waals surface area contributed by atoms with Gasteiger partial charge < -0.3 is 14.5 Å². The Kier molecular flexibility index (Phi) is 5.60. The smallest absolute Gasteiger partial charge is 0.331 e. The van der Waals surface area contributed by atoms with Crippen LogP contribution in [0.5, 0.6) is 0 Å². The van der Waals surface area contributed by atoms with Gasteiger partial charge in [-0.25, -0.2) is 4.79 Å². The molecule has 1 N–H and O–H groups in total. The van der Waals surface area contributed by atoms with Gasteiger partial charge in [0.15, 0.2) is 6.61 Å². The number of nitrogens with one attached hydrogen (secondary N) is 1. The minimum atomic E-state index is -0.557. The van der Waals surface area contributed by atoms with Crippen molar-refractivity contribution in [2.24, 2.45) is 5.92 Å². The van der Waals surface area contributed by atoms with Crippen molar-refractivity contribution in [3.8, 4) is 0 Å². The summed E-state index contributed by atoms with van der Waals surface area (Å²) in [5, 5.41) is 2.93. The second kappa shape index (κ2) is 7.67. The maximum Gasteiger partial charge on any atom is 0.331 e. The SMILES string of the molecule is C[C@H]1CCCC[C@H]1NC(=O)COC(=O)/C=C/c1ccco1. The van der Waals surface area contributed by atoms with Crippen LogP contribution in [0.15, 0.2) is 28.9 Å². The van der Waals surface area contributed by atoms with E-state index < -0.39 is 5.97 Å². The third-order valence-electron chi connectivity index (χ3n) is 3.73. The lowest BCUT2D eigenvalue weighted by molar-refractivity contribution is -0.144. The van der Waals surface area contributed by atoms with Crippen LogP contribution in [0.4, 0.5) is 0 Å². The largest absolute Gasteiger partial charge is 0.465 e. The van der Waals surface area contributed by atoms with Gasteiger partial charge in [0, 0.05) is 12.1 Å². The highest BCUT2D eigenvalue weighted by molar-refractivity contribution is 5.88. The molecule has 1 fully saturated rings. The molecule has 1 aromatic heterocycles. The van der Waals surface area contributed by atoms with E-state index in [1.807, 2.05) is 0 Å². The normalized spacial score (nSPS) is 22.1. The molecule has 0 bridgehead atoms. The Bertz CT molecular complexity index is 492. The van der Waals surface area contributed by atoms with Crippen molar-refractivity contribution in [2.75, 3.05) is 6.61 Å². The summed E-state index contributed by atoms with van der Waals surface area (Å²) in [6.45, 7) is 1.90. The molecule has 2 rings (SSSR count). The molecule has 0 radical (unpaired) electrons. The lowest BCUT2D eigenvalue weighted by Crippen LogP contribution is -2.42. The first-order valence-corrected chi connectivity index (χ1v) is 7.33. The van der Waals surface area contributed by atoms with Crippen molar-refractivity contribution in [3.05, 3.63) is 30.2 Å². The molecule has 2 atom stereocenters. The lowest BCUT2D eigenvalue weighted by atomic mass is 9.86. The first-order valence-electron chi connectivity index (χ1n) is 7.33. The number of hydrogen-bond donors (Lipinski definition) is 1. The van der Waals surface area contributed by atoms with Gasteiger partial charge in [0.2, 0.25) is 0 Å². The first kappa shape index (κ1) is 15.4. The van der Waals surface area contributed by atoms with Crippen molar-refractivity contribution < 1.29 is 18.7 Å². The highest BCUT2D eigenvalue weighted by Gasteiger charge is 2.22. The third kappa shape index (κ3) is 5.10. The van der Waals surface area contributed by atoms with Gasteiger partial charge in [0.1, 0.15) is 5.76 Å². The first-order chi connectivity index (χ1) is 10.1. The Balaban J connectivity index is 1.69. The van der Waals surface area contributed by atoms with Gasteiger partial charge in [-0.1, -0.05) is 19.8 Å². The number of carbonyl (C=O) groups is 2. The van der Waals surface area contributed by atoms with E-state index in [-0.39, 0.29) is 18.6 Å². The summed E-state index contributed by atoms with van der Waals surface area (Å²) in [6.07, 6.45) is 8.76. The Labute approximate surface area is 124 Å². The van der Waals surface area contributed by atoms with Crippen molar-refractivity contribution in [2.45, 2.75) is 38.6 Å². The van der Waals surface area contributed by atoms with Gasteiger partial charge in [0.05, 0.1) is 6.26 Å². The molecule has 5 heteroatoms. The predicted octanol–water partition coefficient (Wildman–Crippen LogP) is 2.53. The lowest BCUT2D eigenvalue weighted by Gasteiger charge is -2.29. The third-order valence-corrected chi connectivity index (χ3v) is 3.73. The van der Waals surface area contributed by atoms with E-state index in [9.17, 15) is 9.59 Å². The Morgan fingerprint density at radius 3 is 2.95 bits per heavy atom. The van der Waals surface area contributed by atoms with Crippen LogP contribution < -0.4 is 5.32 Å². The van der Waals surface area contributed by atoms with Gasteiger partial charge in [-0.05, 0) is 37.0 Å². The molecule has 0 saturated heterocycles. The Morgan fingerprint density at radius 2 is 2.24 bits per heavy atom. The summed E-state index contributed by atoms with van der Waals surface area (Å²) >= 11 is 0. The van der Waals surface area contributed by atoms with Crippen LogP contribution in [0.3, 0.4) is 0 Å². The molecule has 1 aromatic rings. The monoisotopic (exact) mass is 291 g/mol. The zero-order chi connectivity index (χ0) is 15.1. The van der Waals surface area contributed by atoms with Crippen LogP contribution in [-0.4, -0.2) is 24.5 Å². The highest BCUT2D eigenvalue weighted by Crippen LogP contribution is 2.23. The molecule has 0 unspecified atom stereocenters. The summed E-state index contributed by atoms with van der Waals surface area (Å²) < 4.78 is 9.95. The quantitative estimate of drug-likeness (QED) is 0.668. The molecule has 1 saturated carbocycles. The minimum absolute atomic E-state index is 0.198. The molecule has 0 aromatic carbocycles. The number of carbonyl (C=O) groups excluding carboxylic acids is 2. The molecule has 0 aliphatic heterocycles. The van der Waals surface area contributed by atoms with Crippen LogP contribution >= 0.6 is 0 Å². The maximum absolute atomic E-state index is 11.8. The number of esters is 1. The number of amides is 1. The van der Waals surface area contributed by atoms with E-state index in [1.54, 1.807) is 12.1 Å². The second-order valence-electron chi connectivity index (χ2n) is 5.39. The number of rotatable bonds is 5. The van der Waals surface area contributed by atoms with E-state index in [4.69, 9.17) is 9.15 Å². The summed E-state index contributed by atoms with van der Waals surface area (Å²) in [4.78, 5) is 23.2. The molecule has 1 aliphatic rings. The Morgan fingerprint density at radius 1 is 1.43 bits per heavy atom. The predicted molar refractivity (Wildman–Crippen MR) is 78.3 cm³/mol. The number of ether oxygens (including phenoxy) is 1. The minimum Gasteiger partial charge on any atom is -0.465 e. The van der Waals surface area contributed by atoms with Crippen molar-refractivity contribution in [1.82, 2.24) is 5.32 Å². The number of furan rings is 1. The second-order valence-corrected chi connectivity index (χ2v) is 5.39. The molecular formula is C16H21NO4. The summed E-state index contributed by atoms with van der Waals surface area (Å²) in [7, 11) is 0. The van der Waals surface area contributed by atoms with Gasteiger partial charge in [-0.3, -0.25) is 4.79 Å². The average molecular weight is 291 g/mol. The van der Waals surface area contributed by atoms with Crippen LogP contribution in [0, 0.1) is 5.92 Å². The number of hydrogen-bond acceptors (Lipinski definition) is 4. The van der Waals surface area contributed by atoms with E-state index in [0.29, 0.717) is 11.7 Å². The van der Waals surface area contributed by atoms with E-state index in [0.717, 1.165) is 19.3 Å². The fourth-order valence-corrected chi connectivity index (χ4v) is 2.50. The standard InChI is InChI=1S/C16H21NO4/c1-12-5-2-3-7-14(12)17-15(18)11-21-16(19)9-8-13-6-4-10-20-13/h4,6,8-10,12,14H,2-3,5,7,11H2,1H3,(H,17,18)/b9-8+/t12-,14+/m0/s1. The van der Waals surface area contributed by atoms with Crippen LogP contribution in [0.2, 0.25) is 0 Å². The summed E-state index contributed by atoms with van der Waals surface area (Å²) in [5.41, 5.74) is 0. The summed E-state index contributed by atoms with van der Waals surface area (Å²) in [5.74, 6) is 0.247. The fraction of sp³-hybridized carbons (Fsp3) is 0.500. The summed E-state index contributed by atoms with van der Waals surface area (Å²) in [6, 6.07) is 3.65. The molecule has 1 aliphatic carbocycles. The zero-order valence-electron chi connectivity index (χ0n) is 12.2. The van der Waals surface area contributed by atoms with Crippen molar-refractivity contribution >= 4 is 18.0 Å². The van der Waals surface area contributed by atoms with E-state index in [1.165, 1.54) is 24.8 Å². The molecule has 1 amide bonds. The van der Waals surface area contributed by atoms with Gasteiger partial charge in [-0.2, -0.15) is 0 Å². The molecule has 1 heterocycles. The molecular weight excluding hydrogens is 270 g/mol. The zero-order valence-corrected chi connectivity index (χ0v) is 12.2. The highest BCUT2D eigenvalue weighted by atomic mass is 16.5. The van der Waals surface area contributed by atoms with Gasteiger partial charge in [0.25, 0.3) is 5.91 Å². The van der Waals surface area contributed by atoms with Gasteiger partial charge >= 0.3 is 5.97 Å². The molecule has 21 heavy (non-hydrogen) atoms.